The summed E-state index contributed by atoms with van der Waals surface area (Å²) in [4.78, 5) is 12.8. The van der Waals surface area contributed by atoms with Crippen LogP contribution >= 0.6 is 34.8 Å². The predicted octanol–water partition coefficient (Wildman–Crippen LogP) is 4.66. The van der Waals surface area contributed by atoms with E-state index in [9.17, 15) is 4.79 Å². The van der Waals surface area contributed by atoms with Crippen molar-refractivity contribution in [2.45, 2.75) is 16.8 Å². The zero-order chi connectivity index (χ0) is 15.3. The van der Waals surface area contributed by atoms with E-state index in [-0.39, 0.29) is 6.42 Å². The molecule has 0 atom stereocenters. The maximum absolute atomic E-state index is 11.4. The zero-order valence-corrected chi connectivity index (χ0v) is 13.6. The summed E-state index contributed by atoms with van der Waals surface area (Å²) in [5.41, 5.74) is 2.56. The average Bonchev–Trinajstić information content (AvgIpc) is 2.36. The van der Waals surface area contributed by atoms with Gasteiger partial charge >= 0.3 is 6.09 Å². The molecule has 0 heterocycles. The number of carbonyl (C=O) groups excluding carboxylic acids is 1. The molecular weight excluding hydrogens is 321 g/mol. The number of hydrogen-bond donors (Lipinski definition) is 0. The van der Waals surface area contributed by atoms with Gasteiger partial charge in [-0.15, -0.1) is 0 Å². The van der Waals surface area contributed by atoms with E-state index >= 15 is 0 Å². The Hall–Kier alpha value is -0.900. The van der Waals surface area contributed by atoms with Crippen LogP contribution in [0.4, 0.5) is 4.79 Å². The highest BCUT2D eigenvalue weighted by molar-refractivity contribution is 6.67. The lowest BCUT2D eigenvalue weighted by Gasteiger charge is -2.17. The number of rotatable bonds is 4. The van der Waals surface area contributed by atoms with Crippen LogP contribution in [-0.2, 0) is 11.3 Å². The number of hydrogen-bond acceptors (Lipinski definition) is 2. The lowest BCUT2D eigenvalue weighted by Crippen LogP contribution is -2.25. The smallest absolute Gasteiger partial charge is 0.409 e. The molecule has 0 aliphatic heterocycles. The molecule has 0 saturated heterocycles. The molecule has 0 saturated carbocycles. The SMILES string of the molecule is C=C(CC(Cl)(Cl)Cl)c1cccc(CN(C)C(=O)OC)c1. The number of benzene rings is 1. The molecule has 0 radical (unpaired) electrons. The summed E-state index contributed by atoms with van der Waals surface area (Å²) in [5, 5.41) is 0. The first-order chi connectivity index (χ1) is 9.23. The van der Waals surface area contributed by atoms with Gasteiger partial charge in [0.1, 0.15) is 0 Å². The first-order valence-electron chi connectivity index (χ1n) is 5.86. The van der Waals surface area contributed by atoms with Crippen LogP contribution in [0, 0.1) is 0 Å². The first kappa shape index (κ1) is 17.2. The van der Waals surface area contributed by atoms with Crippen LogP contribution < -0.4 is 0 Å². The molecule has 110 valence electrons. The highest BCUT2D eigenvalue weighted by atomic mass is 35.6. The molecule has 0 fully saturated rings. The van der Waals surface area contributed by atoms with E-state index in [0.29, 0.717) is 6.54 Å². The second-order valence-electron chi connectivity index (χ2n) is 4.42. The number of halogens is 3. The van der Waals surface area contributed by atoms with E-state index in [0.717, 1.165) is 16.7 Å². The normalized spacial score (nSPS) is 11.1. The monoisotopic (exact) mass is 335 g/mol. The van der Waals surface area contributed by atoms with Gasteiger partial charge in [0.2, 0.25) is 0 Å². The van der Waals surface area contributed by atoms with E-state index in [1.165, 1.54) is 12.0 Å². The first-order valence-corrected chi connectivity index (χ1v) is 6.99. The number of carbonyl (C=O) groups is 1. The van der Waals surface area contributed by atoms with Crippen molar-refractivity contribution in [3.8, 4) is 0 Å². The molecule has 1 aromatic rings. The van der Waals surface area contributed by atoms with Crippen LogP contribution in [0.15, 0.2) is 30.8 Å². The van der Waals surface area contributed by atoms with Gasteiger partial charge in [-0.2, -0.15) is 0 Å². The third kappa shape index (κ3) is 5.61. The molecule has 1 amide bonds. The van der Waals surface area contributed by atoms with Gasteiger partial charge in [0.15, 0.2) is 3.79 Å². The Kier molecular flexibility index (Phi) is 6.18. The fourth-order valence-corrected chi connectivity index (χ4v) is 2.21. The Bertz CT molecular complexity index is 497. The van der Waals surface area contributed by atoms with Crippen molar-refractivity contribution in [3.63, 3.8) is 0 Å². The molecular formula is C14H16Cl3NO2. The van der Waals surface area contributed by atoms with Crippen molar-refractivity contribution in [2.24, 2.45) is 0 Å². The molecule has 0 aromatic heterocycles. The van der Waals surface area contributed by atoms with Crippen molar-refractivity contribution in [1.29, 1.82) is 0 Å². The molecule has 1 aromatic carbocycles. The number of alkyl halides is 3. The van der Waals surface area contributed by atoms with Crippen molar-refractivity contribution in [2.75, 3.05) is 14.2 Å². The highest BCUT2D eigenvalue weighted by Gasteiger charge is 2.21. The number of ether oxygens (including phenoxy) is 1. The third-order valence-corrected chi connectivity index (χ3v) is 3.06. The predicted molar refractivity (Wildman–Crippen MR) is 84.3 cm³/mol. The maximum Gasteiger partial charge on any atom is 0.409 e. The minimum atomic E-state index is -1.37. The molecule has 0 aliphatic carbocycles. The molecule has 0 bridgehead atoms. The second kappa shape index (κ2) is 7.21. The summed E-state index contributed by atoms with van der Waals surface area (Å²) < 4.78 is 3.28. The number of nitrogens with zero attached hydrogens (tertiary/aromatic N) is 1. The van der Waals surface area contributed by atoms with Crippen molar-refractivity contribution >= 4 is 46.5 Å². The van der Waals surface area contributed by atoms with Crippen molar-refractivity contribution in [1.82, 2.24) is 4.90 Å². The summed E-state index contributed by atoms with van der Waals surface area (Å²) in [6, 6.07) is 7.59. The summed E-state index contributed by atoms with van der Waals surface area (Å²) >= 11 is 17.3. The van der Waals surface area contributed by atoms with Gasteiger partial charge in [-0.05, 0) is 22.8 Å². The average molecular weight is 337 g/mol. The van der Waals surface area contributed by atoms with Gasteiger partial charge < -0.3 is 9.64 Å². The molecule has 1 rings (SSSR count). The summed E-state index contributed by atoms with van der Waals surface area (Å²) in [6.07, 6.45) is -0.149. The molecule has 3 nitrogen and oxygen atoms in total. The lowest BCUT2D eigenvalue weighted by molar-refractivity contribution is 0.131. The second-order valence-corrected chi connectivity index (χ2v) is 6.94. The number of allylic oxidation sites excluding steroid dienone is 1. The molecule has 20 heavy (non-hydrogen) atoms. The third-order valence-electron chi connectivity index (χ3n) is 2.66. The Morgan fingerprint density at radius 2 is 2.05 bits per heavy atom. The molecule has 0 N–H and O–H groups in total. The van der Waals surface area contributed by atoms with Gasteiger partial charge in [-0.3, -0.25) is 0 Å². The minimum absolute atomic E-state index is 0.244. The van der Waals surface area contributed by atoms with Crippen LogP contribution in [0.2, 0.25) is 0 Å². The minimum Gasteiger partial charge on any atom is -0.453 e. The summed E-state index contributed by atoms with van der Waals surface area (Å²) in [6.45, 7) is 4.36. The van der Waals surface area contributed by atoms with E-state index < -0.39 is 9.89 Å². The van der Waals surface area contributed by atoms with E-state index in [2.05, 4.69) is 11.3 Å². The molecule has 0 aliphatic rings. The standard InChI is InChI=1S/C14H16Cl3NO2/c1-10(8-14(15,16)17)12-6-4-5-11(7-12)9-18(2)13(19)20-3/h4-7H,1,8-9H2,2-3H3. The Labute approximate surface area is 134 Å². The Morgan fingerprint density at radius 3 is 2.60 bits per heavy atom. The Balaban J connectivity index is 2.81. The summed E-state index contributed by atoms with van der Waals surface area (Å²) in [5.74, 6) is 0. The van der Waals surface area contributed by atoms with Crippen LogP contribution in [-0.4, -0.2) is 28.9 Å². The lowest BCUT2D eigenvalue weighted by atomic mass is 10.0. The topological polar surface area (TPSA) is 29.5 Å². The van der Waals surface area contributed by atoms with E-state index in [4.69, 9.17) is 34.8 Å². The van der Waals surface area contributed by atoms with Gasteiger partial charge in [-0.25, -0.2) is 4.79 Å². The Morgan fingerprint density at radius 1 is 1.40 bits per heavy atom. The molecule has 0 unspecified atom stereocenters. The number of amides is 1. The van der Waals surface area contributed by atoms with Crippen molar-refractivity contribution < 1.29 is 9.53 Å². The van der Waals surface area contributed by atoms with Crippen LogP contribution in [0.3, 0.4) is 0 Å². The highest BCUT2D eigenvalue weighted by Crippen LogP contribution is 2.36. The number of methoxy groups -OCH3 is 1. The van der Waals surface area contributed by atoms with Gasteiger partial charge in [0.05, 0.1) is 7.11 Å². The van der Waals surface area contributed by atoms with Crippen LogP contribution in [0.25, 0.3) is 5.57 Å². The largest absolute Gasteiger partial charge is 0.453 e. The van der Waals surface area contributed by atoms with E-state index in [1.54, 1.807) is 7.05 Å². The fourth-order valence-electron chi connectivity index (χ4n) is 1.73. The summed E-state index contributed by atoms with van der Waals surface area (Å²) in [7, 11) is 3.01. The zero-order valence-electron chi connectivity index (χ0n) is 11.3. The molecule has 0 spiro atoms. The van der Waals surface area contributed by atoms with Gasteiger partial charge in [0, 0.05) is 20.0 Å². The van der Waals surface area contributed by atoms with Gasteiger partial charge in [-0.1, -0.05) is 59.6 Å². The van der Waals surface area contributed by atoms with Crippen LogP contribution in [0.5, 0.6) is 0 Å². The van der Waals surface area contributed by atoms with E-state index in [1.807, 2.05) is 24.3 Å². The van der Waals surface area contributed by atoms with Crippen molar-refractivity contribution in [3.05, 3.63) is 42.0 Å². The van der Waals surface area contributed by atoms with Gasteiger partial charge in [0.25, 0.3) is 0 Å². The van der Waals surface area contributed by atoms with Crippen LogP contribution in [0.1, 0.15) is 17.5 Å². The molecule has 6 heteroatoms. The fraction of sp³-hybridized carbons (Fsp3) is 0.357. The quantitative estimate of drug-likeness (QED) is 0.748. The maximum atomic E-state index is 11.4.